The number of benzene rings is 1. The van der Waals surface area contributed by atoms with Gasteiger partial charge in [-0.1, -0.05) is 12.1 Å². The van der Waals surface area contributed by atoms with E-state index in [0.717, 1.165) is 17.8 Å². The third-order valence-corrected chi connectivity index (χ3v) is 2.62. The van der Waals surface area contributed by atoms with Crippen LogP contribution in [0, 0.1) is 13.8 Å². The Balaban J connectivity index is 2.65. The molecule has 0 amide bonds. The maximum Gasteiger partial charge on any atom is 0.0754 e. The Hall–Kier alpha value is -1.57. The maximum atomic E-state index is 4.58. The number of fused-ring (bicyclic) bond motifs is 1. The van der Waals surface area contributed by atoms with Gasteiger partial charge in [0.1, 0.15) is 0 Å². The normalized spacial score (nSPS) is 10.6. The first-order valence-corrected chi connectivity index (χ1v) is 5.33. The van der Waals surface area contributed by atoms with Crippen LogP contribution in [0.4, 0.5) is 5.69 Å². The lowest BCUT2D eigenvalue weighted by Crippen LogP contribution is -1.99. The molecule has 0 saturated heterocycles. The van der Waals surface area contributed by atoms with Gasteiger partial charge in [-0.2, -0.15) is 0 Å². The molecule has 1 aromatic heterocycles. The molecule has 2 heteroatoms. The summed E-state index contributed by atoms with van der Waals surface area (Å²) >= 11 is 0. The van der Waals surface area contributed by atoms with Gasteiger partial charge in [0, 0.05) is 23.3 Å². The van der Waals surface area contributed by atoms with Crippen molar-refractivity contribution in [3.05, 3.63) is 35.5 Å². The second kappa shape index (κ2) is 3.89. The smallest absolute Gasteiger partial charge is 0.0754 e. The Labute approximate surface area is 90.3 Å². The number of nitrogens with one attached hydrogen (secondary N) is 1. The lowest BCUT2D eigenvalue weighted by molar-refractivity contribution is 1.19. The van der Waals surface area contributed by atoms with Gasteiger partial charge in [0.05, 0.1) is 5.52 Å². The summed E-state index contributed by atoms with van der Waals surface area (Å²) in [5, 5.41) is 4.56. The highest BCUT2D eigenvalue weighted by atomic mass is 14.9. The molecule has 2 rings (SSSR count). The second-order valence-electron chi connectivity index (χ2n) is 3.79. The van der Waals surface area contributed by atoms with Crippen molar-refractivity contribution in [3.63, 3.8) is 0 Å². The van der Waals surface area contributed by atoms with E-state index in [1.54, 1.807) is 0 Å². The van der Waals surface area contributed by atoms with Crippen LogP contribution in [-0.2, 0) is 0 Å². The van der Waals surface area contributed by atoms with Gasteiger partial charge in [0.15, 0.2) is 0 Å². The van der Waals surface area contributed by atoms with Gasteiger partial charge in [-0.3, -0.25) is 4.98 Å². The number of hydrogen-bond donors (Lipinski definition) is 1. The number of hydrogen-bond acceptors (Lipinski definition) is 2. The van der Waals surface area contributed by atoms with E-state index in [2.05, 4.69) is 48.4 Å². The molecule has 0 unspecified atom stereocenters. The third kappa shape index (κ3) is 1.80. The topological polar surface area (TPSA) is 24.9 Å². The van der Waals surface area contributed by atoms with Crippen LogP contribution in [0.3, 0.4) is 0 Å². The quantitative estimate of drug-likeness (QED) is 0.804. The average Bonchev–Trinajstić information content (AvgIpc) is 2.23. The molecule has 2 aromatic rings. The van der Waals surface area contributed by atoms with Crippen molar-refractivity contribution in [3.8, 4) is 0 Å². The van der Waals surface area contributed by atoms with Crippen LogP contribution in [0.2, 0.25) is 0 Å². The molecule has 0 atom stereocenters. The van der Waals surface area contributed by atoms with Crippen molar-refractivity contribution in [2.75, 3.05) is 11.9 Å². The zero-order chi connectivity index (χ0) is 10.8. The Kier molecular flexibility index (Phi) is 2.58. The Morgan fingerprint density at radius 1 is 1.13 bits per heavy atom. The van der Waals surface area contributed by atoms with E-state index in [0.29, 0.717) is 0 Å². The van der Waals surface area contributed by atoms with E-state index in [-0.39, 0.29) is 0 Å². The fraction of sp³-hybridized carbons (Fsp3) is 0.308. The molecule has 0 fully saturated rings. The molecule has 0 aliphatic carbocycles. The molecule has 1 heterocycles. The van der Waals surface area contributed by atoms with Crippen molar-refractivity contribution in [1.29, 1.82) is 0 Å². The molecule has 0 radical (unpaired) electrons. The molecule has 15 heavy (non-hydrogen) atoms. The minimum absolute atomic E-state index is 0.943. The van der Waals surface area contributed by atoms with Gasteiger partial charge in [-0.25, -0.2) is 0 Å². The molecule has 0 bridgehead atoms. The van der Waals surface area contributed by atoms with Crippen LogP contribution in [0.25, 0.3) is 10.9 Å². The summed E-state index contributed by atoms with van der Waals surface area (Å²) in [7, 11) is 0. The number of anilines is 1. The van der Waals surface area contributed by atoms with Gasteiger partial charge in [0.2, 0.25) is 0 Å². The second-order valence-corrected chi connectivity index (χ2v) is 3.79. The van der Waals surface area contributed by atoms with Crippen molar-refractivity contribution in [2.24, 2.45) is 0 Å². The predicted octanol–water partition coefficient (Wildman–Crippen LogP) is 3.28. The van der Waals surface area contributed by atoms with E-state index in [9.17, 15) is 0 Å². The van der Waals surface area contributed by atoms with E-state index in [1.807, 2.05) is 6.92 Å². The van der Waals surface area contributed by atoms with Crippen LogP contribution < -0.4 is 5.32 Å². The number of nitrogens with zero attached hydrogens (tertiary/aromatic N) is 1. The first kappa shape index (κ1) is 9.97. The standard InChI is InChI=1S/C13H16N2/c1-4-14-12-8-7-11-6-5-9(2)15-13(11)10(12)3/h5-8,14H,4H2,1-3H3. The monoisotopic (exact) mass is 200 g/mol. The van der Waals surface area contributed by atoms with Crippen molar-refractivity contribution in [2.45, 2.75) is 20.8 Å². The number of pyridine rings is 1. The summed E-state index contributed by atoms with van der Waals surface area (Å²) in [4.78, 5) is 4.58. The van der Waals surface area contributed by atoms with Gasteiger partial charge in [0.25, 0.3) is 0 Å². The minimum atomic E-state index is 0.943. The molecule has 1 aromatic carbocycles. The Morgan fingerprint density at radius 2 is 1.87 bits per heavy atom. The lowest BCUT2D eigenvalue weighted by atomic mass is 10.1. The lowest BCUT2D eigenvalue weighted by Gasteiger charge is -2.10. The Morgan fingerprint density at radius 3 is 2.60 bits per heavy atom. The SMILES string of the molecule is CCNc1ccc2ccc(C)nc2c1C. The number of rotatable bonds is 2. The summed E-state index contributed by atoms with van der Waals surface area (Å²) < 4.78 is 0. The zero-order valence-electron chi connectivity index (χ0n) is 9.46. The van der Waals surface area contributed by atoms with Gasteiger partial charge in [-0.15, -0.1) is 0 Å². The molecule has 78 valence electrons. The number of aromatic nitrogens is 1. The molecule has 0 aliphatic rings. The molecular formula is C13H16N2. The van der Waals surface area contributed by atoms with Crippen molar-refractivity contribution >= 4 is 16.6 Å². The molecule has 0 aliphatic heterocycles. The summed E-state index contributed by atoms with van der Waals surface area (Å²) in [6.45, 7) is 7.19. The van der Waals surface area contributed by atoms with Gasteiger partial charge in [-0.05, 0) is 38.5 Å². The zero-order valence-corrected chi connectivity index (χ0v) is 9.46. The molecule has 1 N–H and O–H groups in total. The fourth-order valence-electron chi connectivity index (χ4n) is 1.81. The van der Waals surface area contributed by atoms with Gasteiger partial charge < -0.3 is 5.32 Å². The molecule has 0 saturated carbocycles. The van der Waals surface area contributed by atoms with Crippen LogP contribution in [0.15, 0.2) is 24.3 Å². The highest BCUT2D eigenvalue weighted by Crippen LogP contribution is 2.23. The number of aryl methyl sites for hydroxylation is 2. The van der Waals surface area contributed by atoms with E-state index in [4.69, 9.17) is 0 Å². The largest absolute Gasteiger partial charge is 0.385 e. The first-order valence-electron chi connectivity index (χ1n) is 5.33. The van der Waals surface area contributed by atoms with Crippen LogP contribution in [-0.4, -0.2) is 11.5 Å². The summed E-state index contributed by atoms with van der Waals surface area (Å²) in [6.07, 6.45) is 0. The van der Waals surface area contributed by atoms with Crippen LogP contribution >= 0.6 is 0 Å². The Bertz CT molecular complexity index is 489. The fourth-order valence-corrected chi connectivity index (χ4v) is 1.81. The minimum Gasteiger partial charge on any atom is -0.385 e. The molecular weight excluding hydrogens is 184 g/mol. The van der Waals surface area contributed by atoms with E-state index < -0.39 is 0 Å². The molecule has 0 spiro atoms. The van der Waals surface area contributed by atoms with Crippen molar-refractivity contribution < 1.29 is 0 Å². The first-order chi connectivity index (χ1) is 7.22. The van der Waals surface area contributed by atoms with E-state index in [1.165, 1.54) is 16.6 Å². The third-order valence-electron chi connectivity index (χ3n) is 2.62. The predicted molar refractivity (Wildman–Crippen MR) is 65.4 cm³/mol. The summed E-state index contributed by atoms with van der Waals surface area (Å²) in [6, 6.07) is 8.42. The van der Waals surface area contributed by atoms with Crippen LogP contribution in [0.5, 0.6) is 0 Å². The highest BCUT2D eigenvalue weighted by Gasteiger charge is 2.03. The van der Waals surface area contributed by atoms with E-state index >= 15 is 0 Å². The summed E-state index contributed by atoms with van der Waals surface area (Å²) in [5.41, 5.74) is 4.59. The summed E-state index contributed by atoms with van der Waals surface area (Å²) in [5.74, 6) is 0. The van der Waals surface area contributed by atoms with Crippen LogP contribution in [0.1, 0.15) is 18.2 Å². The maximum absolute atomic E-state index is 4.58. The van der Waals surface area contributed by atoms with Crippen molar-refractivity contribution in [1.82, 2.24) is 4.98 Å². The molecule has 2 nitrogen and oxygen atoms in total. The average molecular weight is 200 g/mol. The highest BCUT2D eigenvalue weighted by molar-refractivity contribution is 5.86. The van der Waals surface area contributed by atoms with Gasteiger partial charge >= 0.3 is 0 Å².